The van der Waals surface area contributed by atoms with Crippen LogP contribution in [0.4, 0.5) is 13.2 Å². The van der Waals surface area contributed by atoms with Gasteiger partial charge in [-0.15, -0.1) is 0 Å². The average molecular weight is 413 g/mol. The van der Waals surface area contributed by atoms with Crippen molar-refractivity contribution >= 4 is 11.9 Å². The van der Waals surface area contributed by atoms with Crippen molar-refractivity contribution in [1.82, 2.24) is 24.5 Å². The zero-order valence-electron chi connectivity index (χ0n) is 16.4. The minimum atomic E-state index is -4.34. The second-order valence-electron chi connectivity index (χ2n) is 6.85. The molecule has 3 rings (SSSR count). The maximum Gasteiger partial charge on any atom is 0.390 e. The van der Waals surface area contributed by atoms with Crippen LogP contribution in [0.1, 0.15) is 51.3 Å². The molecule has 0 saturated carbocycles. The molecule has 0 N–H and O–H groups in total. The van der Waals surface area contributed by atoms with Gasteiger partial charge in [-0.2, -0.15) is 23.4 Å². The van der Waals surface area contributed by atoms with Gasteiger partial charge in [0.05, 0.1) is 25.3 Å². The minimum absolute atomic E-state index is 0.0392. The molecule has 0 saturated heterocycles. The molecule has 0 radical (unpaired) electrons. The van der Waals surface area contributed by atoms with Crippen LogP contribution in [0, 0.1) is 6.92 Å². The summed E-state index contributed by atoms with van der Waals surface area (Å²) >= 11 is 0. The predicted octanol–water partition coefficient (Wildman–Crippen LogP) is 2.25. The van der Waals surface area contributed by atoms with Gasteiger partial charge < -0.3 is 9.64 Å². The van der Waals surface area contributed by atoms with Crippen LogP contribution in [-0.2, 0) is 31.3 Å². The Morgan fingerprint density at radius 1 is 1.28 bits per heavy atom. The normalized spacial score (nSPS) is 14.1. The van der Waals surface area contributed by atoms with E-state index in [9.17, 15) is 22.8 Å². The summed E-state index contributed by atoms with van der Waals surface area (Å²) in [5, 5.41) is 8.25. The number of amides is 1. The number of hydrogen-bond acceptors (Lipinski definition) is 5. The lowest BCUT2D eigenvalue weighted by atomic mass is 10.0. The van der Waals surface area contributed by atoms with Gasteiger partial charge in [-0.3, -0.25) is 14.2 Å². The van der Waals surface area contributed by atoms with Gasteiger partial charge >= 0.3 is 12.1 Å². The number of rotatable bonds is 5. The van der Waals surface area contributed by atoms with E-state index >= 15 is 0 Å². The van der Waals surface area contributed by atoms with Gasteiger partial charge in [0.1, 0.15) is 5.69 Å². The summed E-state index contributed by atoms with van der Waals surface area (Å²) < 4.78 is 45.7. The van der Waals surface area contributed by atoms with Gasteiger partial charge in [0, 0.05) is 37.8 Å². The quantitative estimate of drug-likeness (QED) is 0.703. The Hall–Kier alpha value is -2.85. The number of ether oxygens (including phenoxy) is 1. The van der Waals surface area contributed by atoms with E-state index in [0.717, 1.165) is 0 Å². The van der Waals surface area contributed by atoms with E-state index in [1.807, 2.05) is 0 Å². The first-order valence-electron chi connectivity index (χ1n) is 9.23. The van der Waals surface area contributed by atoms with Crippen molar-refractivity contribution in [2.24, 2.45) is 7.05 Å². The van der Waals surface area contributed by atoms with Crippen molar-refractivity contribution in [3.05, 3.63) is 34.4 Å². The van der Waals surface area contributed by atoms with E-state index in [-0.39, 0.29) is 31.3 Å². The first-order valence-corrected chi connectivity index (χ1v) is 9.23. The highest BCUT2D eigenvalue weighted by Gasteiger charge is 2.33. The molecule has 3 heterocycles. The lowest BCUT2D eigenvalue weighted by Gasteiger charge is -2.27. The van der Waals surface area contributed by atoms with E-state index in [2.05, 4.69) is 10.2 Å². The lowest BCUT2D eigenvalue weighted by molar-refractivity contribution is -0.137. The Morgan fingerprint density at radius 3 is 2.59 bits per heavy atom. The summed E-state index contributed by atoms with van der Waals surface area (Å²) in [4.78, 5) is 26.7. The maximum atomic E-state index is 12.9. The number of nitrogens with zero attached hydrogens (tertiary/aromatic N) is 5. The molecule has 2 aromatic rings. The largest absolute Gasteiger partial charge is 0.461 e. The van der Waals surface area contributed by atoms with Crippen molar-refractivity contribution in [2.45, 2.75) is 46.0 Å². The van der Waals surface area contributed by atoms with Gasteiger partial charge in [0.25, 0.3) is 5.91 Å². The van der Waals surface area contributed by atoms with Crippen molar-refractivity contribution in [2.75, 3.05) is 13.2 Å². The Labute approximate surface area is 165 Å². The molecule has 0 aliphatic carbocycles. The Kier molecular flexibility index (Phi) is 5.67. The van der Waals surface area contributed by atoms with Crippen LogP contribution in [-0.4, -0.2) is 55.7 Å². The van der Waals surface area contributed by atoms with Crippen molar-refractivity contribution < 1.29 is 27.5 Å². The topological polar surface area (TPSA) is 82.2 Å². The van der Waals surface area contributed by atoms with E-state index < -0.39 is 18.6 Å². The zero-order chi connectivity index (χ0) is 21.3. The third-order valence-corrected chi connectivity index (χ3v) is 4.72. The number of carbonyl (C=O) groups excluding carboxylic acids is 2. The van der Waals surface area contributed by atoms with Gasteiger partial charge in [-0.25, -0.2) is 4.79 Å². The van der Waals surface area contributed by atoms with E-state index in [1.165, 1.54) is 14.3 Å². The SMILES string of the molecule is CCOC(=O)c1nn(CCC(F)(F)F)c2c1CN(C(=O)c1cc(C)nn1C)CC2. The van der Waals surface area contributed by atoms with Gasteiger partial charge in [0.15, 0.2) is 5.69 Å². The van der Waals surface area contributed by atoms with Gasteiger partial charge in [0.2, 0.25) is 0 Å². The molecule has 158 valence electrons. The number of aryl methyl sites for hydroxylation is 3. The molecule has 1 aliphatic heterocycles. The molecule has 0 aromatic carbocycles. The van der Waals surface area contributed by atoms with Crippen LogP contribution in [0.15, 0.2) is 6.07 Å². The van der Waals surface area contributed by atoms with Gasteiger partial charge in [-0.05, 0) is 19.9 Å². The van der Waals surface area contributed by atoms with Gasteiger partial charge in [-0.1, -0.05) is 0 Å². The summed E-state index contributed by atoms with van der Waals surface area (Å²) in [6.45, 7) is 3.49. The van der Waals surface area contributed by atoms with Crippen LogP contribution >= 0.6 is 0 Å². The second kappa shape index (κ2) is 7.88. The minimum Gasteiger partial charge on any atom is -0.461 e. The number of aromatic nitrogens is 4. The lowest BCUT2D eigenvalue weighted by Crippen LogP contribution is -2.37. The maximum absolute atomic E-state index is 12.9. The Balaban J connectivity index is 1.90. The molecule has 0 spiro atoms. The standard InChI is InChI=1S/C18H22F3N5O3/c1-4-29-17(28)15-12-10-25(16(27)14-9-11(2)22-24(14)3)7-5-13(12)26(23-15)8-6-18(19,20)21/h9H,4-8,10H2,1-3H3. The number of carbonyl (C=O) groups is 2. The molecule has 1 amide bonds. The number of alkyl halides is 3. The molecule has 0 fully saturated rings. The highest BCUT2D eigenvalue weighted by Crippen LogP contribution is 2.27. The molecule has 0 bridgehead atoms. The molecule has 1 aliphatic rings. The van der Waals surface area contributed by atoms with Crippen LogP contribution in [0.25, 0.3) is 0 Å². The molecule has 0 unspecified atom stereocenters. The van der Waals surface area contributed by atoms with Crippen molar-refractivity contribution in [3.63, 3.8) is 0 Å². The molecule has 8 nitrogen and oxygen atoms in total. The van der Waals surface area contributed by atoms with Crippen LogP contribution in [0.2, 0.25) is 0 Å². The molecule has 2 aromatic heterocycles. The third kappa shape index (κ3) is 4.43. The van der Waals surface area contributed by atoms with Crippen molar-refractivity contribution in [1.29, 1.82) is 0 Å². The fourth-order valence-corrected chi connectivity index (χ4v) is 3.42. The van der Waals surface area contributed by atoms with E-state index in [4.69, 9.17) is 4.74 Å². The third-order valence-electron chi connectivity index (χ3n) is 4.72. The summed E-state index contributed by atoms with van der Waals surface area (Å²) in [5.41, 5.74) is 2.02. The number of fused-ring (bicyclic) bond motifs is 1. The highest BCUT2D eigenvalue weighted by molar-refractivity contribution is 5.93. The monoisotopic (exact) mass is 413 g/mol. The first-order chi connectivity index (χ1) is 13.6. The molecule has 29 heavy (non-hydrogen) atoms. The fraction of sp³-hybridized carbons (Fsp3) is 0.556. The second-order valence-corrected chi connectivity index (χ2v) is 6.85. The Bertz CT molecular complexity index is 932. The molecule has 0 atom stereocenters. The summed E-state index contributed by atoms with van der Waals surface area (Å²) in [6.07, 6.45) is -5.10. The average Bonchev–Trinajstić information content (AvgIpc) is 3.18. The van der Waals surface area contributed by atoms with Crippen LogP contribution in [0.3, 0.4) is 0 Å². The summed E-state index contributed by atoms with van der Waals surface area (Å²) in [7, 11) is 1.66. The first kappa shape index (κ1) is 20.9. The highest BCUT2D eigenvalue weighted by atomic mass is 19.4. The van der Waals surface area contributed by atoms with Crippen LogP contribution in [0.5, 0.6) is 0 Å². The molecular formula is C18H22F3N5O3. The number of hydrogen-bond donors (Lipinski definition) is 0. The predicted molar refractivity (Wildman–Crippen MR) is 95.2 cm³/mol. The van der Waals surface area contributed by atoms with E-state index in [1.54, 1.807) is 27.0 Å². The smallest absolute Gasteiger partial charge is 0.390 e. The molecule has 11 heteroatoms. The van der Waals surface area contributed by atoms with Crippen LogP contribution < -0.4 is 0 Å². The summed E-state index contributed by atoms with van der Waals surface area (Å²) in [6, 6.07) is 1.66. The number of halogens is 3. The number of esters is 1. The van der Waals surface area contributed by atoms with Crippen molar-refractivity contribution in [3.8, 4) is 0 Å². The molecular weight excluding hydrogens is 391 g/mol. The zero-order valence-corrected chi connectivity index (χ0v) is 16.4. The van der Waals surface area contributed by atoms with E-state index in [0.29, 0.717) is 35.6 Å². The summed E-state index contributed by atoms with van der Waals surface area (Å²) in [5.74, 6) is -0.975. The Morgan fingerprint density at radius 2 is 2.00 bits per heavy atom. The fourth-order valence-electron chi connectivity index (χ4n) is 3.42.